The number of carboxylic acid groups (broad SMARTS) is 1. The van der Waals surface area contributed by atoms with E-state index in [0.29, 0.717) is 50.2 Å². The summed E-state index contributed by atoms with van der Waals surface area (Å²) in [6.07, 6.45) is 5.04. The predicted molar refractivity (Wildman–Crippen MR) is 96.0 cm³/mol. The van der Waals surface area contributed by atoms with Crippen LogP contribution in [-0.4, -0.2) is 26.6 Å². The van der Waals surface area contributed by atoms with Crippen molar-refractivity contribution in [2.45, 2.75) is 84.3 Å². The first-order chi connectivity index (χ1) is 12.4. The molecule has 2 heterocycles. The van der Waals surface area contributed by atoms with E-state index < -0.39 is 12.1 Å². The molecule has 0 aromatic carbocycles. The Morgan fingerprint density at radius 2 is 1.92 bits per heavy atom. The summed E-state index contributed by atoms with van der Waals surface area (Å²) in [6, 6.07) is 0. The van der Waals surface area contributed by atoms with Crippen molar-refractivity contribution in [2.24, 2.45) is 0 Å². The van der Waals surface area contributed by atoms with Crippen molar-refractivity contribution in [3.05, 3.63) is 27.4 Å². The third-order valence-corrected chi connectivity index (χ3v) is 4.78. The monoisotopic (exact) mass is 364 g/mol. The van der Waals surface area contributed by atoms with Crippen LogP contribution in [-0.2, 0) is 27.3 Å². The van der Waals surface area contributed by atoms with E-state index >= 15 is 0 Å². The highest BCUT2D eigenvalue weighted by Crippen LogP contribution is 2.27. The second kappa shape index (κ2) is 9.50. The second-order valence-corrected chi connectivity index (χ2v) is 6.77. The number of rotatable bonds is 9. The fraction of sp³-hybridized carbons (Fsp3) is 0.684. The Kier molecular flexibility index (Phi) is 7.36. The van der Waals surface area contributed by atoms with Crippen LogP contribution in [0.2, 0.25) is 0 Å². The molecule has 26 heavy (non-hydrogen) atoms. The largest absolute Gasteiger partial charge is 0.481 e. The summed E-state index contributed by atoms with van der Waals surface area (Å²) in [7, 11) is 0. The second-order valence-electron chi connectivity index (χ2n) is 6.77. The van der Waals surface area contributed by atoms with Crippen LogP contribution >= 0.6 is 0 Å². The van der Waals surface area contributed by atoms with E-state index in [1.807, 2.05) is 13.8 Å². The van der Waals surface area contributed by atoms with Crippen molar-refractivity contribution in [3.8, 4) is 0 Å². The number of aliphatic carboxylic acids is 1. The van der Waals surface area contributed by atoms with E-state index in [-0.39, 0.29) is 17.9 Å². The first kappa shape index (κ1) is 20.1. The lowest BCUT2D eigenvalue weighted by atomic mass is 10.1. The molecule has 1 aliphatic rings. The molecular formula is C19H28N2O5. The summed E-state index contributed by atoms with van der Waals surface area (Å²) < 4.78 is 7.24. The lowest BCUT2D eigenvalue weighted by molar-refractivity contribution is -0.151. The SMILES string of the molecule is CCc1c(C)nc2n(c1=O)CCCC2OC(=O)CCCCCCC(=O)O. The molecule has 7 heteroatoms. The number of carbonyl (C=O) groups excluding carboxylic acids is 1. The van der Waals surface area contributed by atoms with Gasteiger partial charge in [0.1, 0.15) is 0 Å². The van der Waals surface area contributed by atoms with Crippen LogP contribution in [0, 0.1) is 6.92 Å². The Balaban J connectivity index is 1.90. The van der Waals surface area contributed by atoms with Crippen LogP contribution in [0.1, 0.15) is 81.5 Å². The Morgan fingerprint density at radius 1 is 1.23 bits per heavy atom. The Labute approximate surface area is 153 Å². The van der Waals surface area contributed by atoms with Crippen LogP contribution in [0.4, 0.5) is 0 Å². The molecule has 0 amide bonds. The predicted octanol–water partition coefficient (Wildman–Crippen LogP) is 2.92. The summed E-state index contributed by atoms with van der Waals surface area (Å²) in [6.45, 7) is 4.38. The highest BCUT2D eigenvalue weighted by Gasteiger charge is 2.27. The minimum absolute atomic E-state index is 0.0193. The van der Waals surface area contributed by atoms with Crippen LogP contribution < -0.4 is 5.56 Å². The van der Waals surface area contributed by atoms with E-state index in [0.717, 1.165) is 24.8 Å². The van der Waals surface area contributed by atoms with Gasteiger partial charge in [-0.3, -0.25) is 19.0 Å². The number of unbranched alkanes of at least 4 members (excludes halogenated alkanes) is 3. The topological polar surface area (TPSA) is 98.5 Å². The first-order valence-corrected chi connectivity index (χ1v) is 9.45. The molecule has 0 saturated heterocycles. The molecule has 0 fully saturated rings. The van der Waals surface area contributed by atoms with Crippen molar-refractivity contribution >= 4 is 11.9 Å². The molecule has 0 aliphatic carbocycles. The van der Waals surface area contributed by atoms with Gasteiger partial charge in [-0.1, -0.05) is 19.8 Å². The molecule has 0 radical (unpaired) electrons. The molecule has 1 aromatic rings. The summed E-state index contributed by atoms with van der Waals surface area (Å²) in [5.74, 6) is -0.511. The zero-order chi connectivity index (χ0) is 19.1. The number of hydrogen-bond acceptors (Lipinski definition) is 5. The fourth-order valence-corrected chi connectivity index (χ4v) is 3.38. The van der Waals surface area contributed by atoms with Gasteiger partial charge in [0.15, 0.2) is 11.9 Å². The van der Waals surface area contributed by atoms with Crippen molar-refractivity contribution < 1.29 is 19.4 Å². The maximum absolute atomic E-state index is 12.6. The number of carbonyl (C=O) groups is 2. The van der Waals surface area contributed by atoms with E-state index in [1.54, 1.807) is 4.57 Å². The van der Waals surface area contributed by atoms with E-state index in [2.05, 4.69) is 4.98 Å². The maximum atomic E-state index is 12.6. The van der Waals surface area contributed by atoms with Crippen LogP contribution in [0.15, 0.2) is 4.79 Å². The van der Waals surface area contributed by atoms with Crippen molar-refractivity contribution in [1.29, 1.82) is 0 Å². The first-order valence-electron chi connectivity index (χ1n) is 9.45. The zero-order valence-corrected chi connectivity index (χ0v) is 15.6. The van der Waals surface area contributed by atoms with Crippen LogP contribution in [0.3, 0.4) is 0 Å². The Bertz CT molecular complexity index is 711. The summed E-state index contributed by atoms with van der Waals surface area (Å²) in [5, 5.41) is 8.59. The van der Waals surface area contributed by atoms with Crippen molar-refractivity contribution in [3.63, 3.8) is 0 Å². The number of aromatic nitrogens is 2. The standard InChI is InChI=1S/C19H28N2O5/c1-3-14-13(2)20-18-15(9-8-12-21(18)19(14)25)26-17(24)11-7-5-4-6-10-16(22)23/h15H,3-12H2,1-2H3,(H,22,23). The quantitative estimate of drug-likeness (QED) is 0.534. The number of nitrogens with zero attached hydrogens (tertiary/aromatic N) is 2. The number of aryl methyl sites for hydroxylation is 1. The van der Waals surface area contributed by atoms with Gasteiger partial charge in [0.2, 0.25) is 0 Å². The number of fused-ring (bicyclic) bond motifs is 1. The molecule has 2 rings (SSSR count). The average Bonchev–Trinajstić information content (AvgIpc) is 2.59. The Morgan fingerprint density at radius 3 is 2.58 bits per heavy atom. The highest BCUT2D eigenvalue weighted by atomic mass is 16.5. The molecule has 7 nitrogen and oxygen atoms in total. The molecule has 0 bridgehead atoms. The number of esters is 1. The maximum Gasteiger partial charge on any atom is 0.306 e. The molecule has 1 atom stereocenters. The molecule has 0 saturated carbocycles. The Hall–Kier alpha value is -2.18. The van der Waals surface area contributed by atoms with Gasteiger partial charge in [0, 0.05) is 30.6 Å². The molecule has 144 valence electrons. The number of carboxylic acids is 1. The summed E-state index contributed by atoms with van der Waals surface area (Å²) in [4.78, 5) is 39.7. The minimum atomic E-state index is -0.787. The van der Waals surface area contributed by atoms with E-state index in [4.69, 9.17) is 9.84 Å². The smallest absolute Gasteiger partial charge is 0.306 e. The molecule has 1 N–H and O–H groups in total. The van der Waals surface area contributed by atoms with Gasteiger partial charge in [-0.25, -0.2) is 4.98 Å². The van der Waals surface area contributed by atoms with E-state index in [9.17, 15) is 14.4 Å². The number of ether oxygens (including phenoxy) is 1. The third kappa shape index (κ3) is 5.16. The molecular weight excluding hydrogens is 336 g/mol. The van der Waals surface area contributed by atoms with Gasteiger partial charge in [0.05, 0.1) is 0 Å². The van der Waals surface area contributed by atoms with Gasteiger partial charge in [0.25, 0.3) is 5.56 Å². The lowest BCUT2D eigenvalue weighted by Crippen LogP contribution is -2.34. The van der Waals surface area contributed by atoms with Gasteiger partial charge < -0.3 is 9.84 Å². The molecule has 1 aromatic heterocycles. The van der Waals surface area contributed by atoms with E-state index in [1.165, 1.54) is 0 Å². The molecule has 1 unspecified atom stereocenters. The van der Waals surface area contributed by atoms with Crippen LogP contribution in [0.25, 0.3) is 0 Å². The summed E-state index contributed by atoms with van der Waals surface area (Å²) in [5.41, 5.74) is 1.42. The van der Waals surface area contributed by atoms with Crippen LogP contribution in [0.5, 0.6) is 0 Å². The van der Waals surface area contributed by atoms with Crippen molar-refractivity contribution in [1.82, 2.24) is 9.55 Å². The minimum Gasteiger partial charge on any atom is -0.481 e. The van der Waals surface area contributed by atoms with Gasteiger partial charge >= 0.3 is 11.9 Å². The van der Waals surface area contributed by atoms with Gasteiger partial charge in [-0.05, 0) is 39.0 Å². The zero-order valence-electron chi connectivity index (χ0n) is 15.6. The van der Waals surface area contributed by atoms with Gasteiger partial charge in [-0.2, -0.15) is 0 Å². The fourth-order valence-electron chi connectivity index (χ4n) is 3.38. The van der Waals surface area contributed by atoms with Gasteiger partial charge in [-0.15, -0.1) is 0 Å². The average molecular weight is 364 g/mol. The lowest BCUT2D eigenvalue weighted by Gasteiger charge is -2.26. The molecule has 1 aliphatic heterocycles. The third-order valence-electron chi connectivity index (χ3n) is 4.78. The highest BCUT2D eigenvalue weighted by molar-refractivity contribution is 5.69. The normalized spacial score (nSPS) is 16.2. The molecule has 0 spiro atoms. The number of hydrogen-bond donors (Lipinski definition) is 1. The summed E-state index contributed by atoms with van der Waals surface area (Å²) >= 11 is 0. The van der Waals surface area contributed by atoms with Crippen molar-refractivity contribution in [2.75, 3.05) is 0 Å².